The standard InChI is InChI=1S/C15H16N2O4S/c1-9-16-12(13(22-9)10-6-4-3-5-7-10)14(19)17-11(8-18)15(20)21-2/h3-7,11,18H,8H2,1-2H3,(H,17,19)/t11-/m0/s1. The van der Waals surface area contributed by atoms with Crippen molar-refractivity contribution in [1.29, 1.82) is 0 Å². The number of methoxy groups -OCH3 is 1. The quantitative estimate of drug-likeness (QED) is 0.813. The Morgan fingerprint density at radius 3 is 2.64 bits per heavy atom. The summed E-state index contributed by atoms with van der Waals surface area (Å²) in [5, 5.41) is 12.4. The highest BCUT2D eigenvalue weighted by Gasteiger charge is 2.25. The summed E-state index contributed by atoms with van der Waals surface area (Å²) < 4.78 is 4.53. The number of amides is 1. The molecule has 1 heterocycles. The Morgan fingerprint density at radius 1 is 1.36 bits per heavy atom. The van der Waals surface area contributed by atoms with Crippen LogP contribution in [0.4, 0.5) is 0 Å². The Kier molecular flexibility index (Phi) is 5.24. The summed E-state index contributed by atoms with van der Waals surface area (Å²) in [5.41, 5.74) is 1.10. The third kappa shape index (κ3) is 3.49. The summed E-state index contributed by atoms with van der Waals surface area (Å²) in [6.07, 6.45) is 0. The van der Waals surface area contributed by atoms with E-state index in [0.717, 1.165) is 15.4 Å². The molecule has 2 rings (SSSR count). The maximum Gasteiger partial charge on any atom is 0.330 e. The minimum Gasteiger partial charge on any atom is -0.467 e. The second-order valence-electron chi connectivity index (χ2n) is 4.51. The number of benzene rings is 1. The SMILES string of the molecule is COC(=O)[C@H](CO)NC(=O)c1nc(C)sc1-c1ccccc1. The van der Waals surface area contributed by atoms with Gasteiger partial charge in [0.05, 0.1) is 23.6 Å². The molecule has 0 unspecified atom stereocenters. The maximum absolute atomic E-state index is 12.4. The molecule has 0 fully saturated rings. The molecule has 1 aromatic carbocycles. The molecule has 22 heavy (non-hydrogen) atoms. The number of nitrogens with one attached hydrogen (secondary N) is 1. The number of ether oxygens (including phenoxy) is 1. The normalized spacial score (nSPS) is 11.8. The summed E-state index contributed by atoms with van der Waals surface area (Å²) in [6.45, 7) is 1.26. The van der Waals surface area contributed by atoms with Gasteiger partial charge in [0.15, 0.2) is 6.04 Å². The van der Waals surface area contributed by atoms with Crippen LogP contribution in [-0.2, 0) is 9.53 Å². The van der Waals surface area contributed by atoms with Crippen LogP contribution in [0.15, 0.2) is 30.3 Å². The van der Waals surface area contributed by atoms with Crippen molar-refractivity contribution < 1.29 is 19.4 Å². The minimum atomic E-state index is -1.11. The zero-order valence-corrected chi connectivity index (χ0v) is 13.0. The summed E-state index contributed by atoms with van der Waals surface area (Å²) in [4.78, 5) is 28.8. The highest BCUT2D eigenvalue weighted by atomic mass is 32.1. The van der Waals surface area contributed by atoms with Crippen LogP contribution in [0.5, 0.6) is 0 Å². The highest BCUT2D eigenvalue weighted by molar-refractivity contribution is 7.15. The van der Waals surface area contributed by atoms with Crippen molar-refractivity contribution >= 4 is 23.2 Å². The number of esters is 1. The average Bonchev–Trinajstić information content (AvgIpc) is 2.94. The molecule has 0 saturated carbocycles. The number of nitrogens with zero attached hydrogens (tertiary/aromatic N) is 1. The molecule has 0 aliphatic carbocycles. The number of aromatic nitrogens is 1. The van der Waals surface area contributed by atoms with E-state index in [4.69, 9.17) is 0 Å². The first-order valence-electron chi connectivity index (χ1n) is 6.59. The van der Waals surface area contributed by atoms with E-state index < -0.39 is 24.5 Å². The predicted molar refractivity (Wildman–Crippen MR) is 82.6 cm³/mol. The van der Waals surface area contributed by atoms with Gasteiger partial charge in [0.25, 0.3) is 5.91 Å². The molecule has 2 aromatic rings. The average molecular weight is 320 g/mol. The van der Waals surface area contributed by atoms with Crippen LogP contribution in [0.3, 0.4) is 0 Å². The number of carbonyl (C=O) groups is 2. The fraction of sp³-hybridized carbons (Fsp3) is 0.267. The van der Waals surface area contributed by atoms with E-state index >= 15 is 0 Å². The molecule has 0 saturated heterocycles. The molecule has 2 N–H and O–H groups in total. The van der Waals surface area contributed by atoms with E-state index in [-0.39, 0.29) is 5.69 Å². The Morgan fingerprint density at radius 2 is 2.05 bits per heavy atom. The fourth-order valence-corrected chi connectivity index (χ4v) is 2.84. The van der Waals surface area contributed by atoms with Crippen LogP contribution < -0.4 is 5.32 Å². The first kappa shape index (κ1) is 16.1. The van der Waals surface area contributed by atoms with Gasteiger partial charge in [-0.1, -0.05) is 30.3 Å². The molecule has 7 heteroatoms. The maximum atomic E-state index is 12.4. The molecule has 0 bridgehead atoms. The topological polar surface area (TPSA) is 88.5 Å². The first-order valence-corrected chi connectivity index (χ1v) is 7.41. The molecule has 1 aromatic heterocycles. The second kappa shape index (κ2) is 7.15. The lowest BCUT2D eigenvalue weighted by Crippen LogP contribution is -2.44. The number of thiazole rings is 1. The minimum absolute atomic E-state index is 0.232. The Labute approximate surface area is 131 Å². The van der Waals surface area contributed by atoms with Gasteiger partial charge in [-0.3, -0.25) is 4.79 Å². The van der Waals surface area contributed by atoms with Crippen molar-refractivity contribution in [2.45, 2.75) is 13.0 Å². The molecule has 0 spiro atoms. The monoisotopic (exact) mass is 320 g/mol. The molecule has 0 aliphatic rings. The third-order valence-electron chi connectivity index (χ3n) is 2.96. The van der Waals surface area contributed by atoms with Crippen LogP contribution in [-0.4, -0.2) is 41.7 Å². The number of aliphatic hydroxyl groups excluding tert-OH is 1. The highest BCUT2D eigenvalue weighted by Crippen LogP contribution is 2.29. The van der Waals surface area contributed by atoms with Crippen molar-refractivity contribution in [2.24, 2.45) is 0 Å². The molecule has 1 amide bonds. The number of aryl methyl sites for hydroxylation is 1. The molecule has 116 valence electrons. The van der Waals surface area contributed by atoms with Gasteiger partial charge in [0.2, 0.25) is 0 Å². The van der Waals surface area contributed by atoms with Crippen molar-refractivity contribution in [2.75, 3.05) is 13.7 Å². The van der Waals surface area contributed by atoms with Crippen molar-refractivity contribution in [1.82, 2.24) is 10.3 Å². The largest absolute Gasteiger partial charge is 0.467 e. The van der Waals surface area contributed by atoms with Gasteiger partial charge in [-0.2, -0.15) is 0 Å². The lowest BCUT2D eigenvalue weighted by atomic mass is 10.1. The molecular weight excluding hydrogens is 304 g/mol. The van der Waals surface area contributed by atoms with Gasteiger partial charge in [0.1, 0.15) is 5.69 Å². The zero-order chi connectivity index (χ0) is 16.1. The van der Waals surface area contributed by atoms with Crippen molar-refractivity contribution in [3.8, 4) is 10.4 Å². The van der Waals surface area contributed by atoms with E-state index in [1.807, 2.05) is 30.3 Å². The number of aliphatic hydroxyl groups is 1. The third-order valence-corrected chi connectivity index (χ3v) is 3.98. The van der Waals surface area contributed by atoms with E-state index in [2.05, 4.69) is 15.0 Å². The summed E-state index contributed by atoms with van der Waals surface area (Å²) in [6, 6.07) is 8.29. The van der Waals surface area contributed by atoms with Crippen LogP contribution in [0, 0.1) is 6.92 Å². The summed E-state index contributed by atoms with van der Waals surface area (Å²) >= 11 is 1.39. The van der Waals surface area contributed by atoms with Gasteiger partial charge >= 0.3 is 5.97 Å². The fourth-order valence-electron chi connectivity index (χ4n) is 1.91. The Balaban J connectivity index is 2.29. The number of hydrogen-bond acceptors (Lipinski definition) is 6. The van der Waals surface area contributed by atoms with E-state index in [1.54, 1.807) is 6.92 Å². The van der Waals surface area contributed by atoms with Gasteiger partial charge in [-0.15, -0.1) is 11.3 Å². The molecular formula is C15H16N2O4S. The van der Waals surface area contributed by atoms with Crippen molar-refractivity contribution in [3.05, 3.63) is 41.0 Å². The van der Waals surface area contributed by atoms with Crippen molar-refractivity contribution in [3.63, 3.8) is 0 Å². The number of hydrogen-bond donors (Lipinski definition) is 2. The summed E-state index contributed by atoms with van der Waals surface area (Å²) in [7, 11) is 1.19. The van der Waals surface area contributed by atoms with Gasteiger partial charge in [-0.05, 0) is 12.5 Å². The van der Waals surface area contributed by atoms with E-state index in [9.17, 15) is 14.7 Å². The molecule has 0 aliphatic heterocycles. The molecule has 1 atom stereocenters. The van der Waals surface area contributed by atoms with Crippen LogP contribution >= 0.6 is 11.3 Å². The van der Waals surface area contributed by atoms with E-state index in [0.29, 0.717) is 0 Å². The number of carbonyl (C=O) groups excluding carboxylic acids is 2. The predicted octanol–water partition coefficient (Wildman–Crippen LogP) is 1.38. The van der Waals surface area contributed by atoms with Gasteiger partial charge in [-0.25, -0.2) is 9.78 Å². The van der Waals surface area contributed by atoms with Crippen LogP contribution in [0.25, 0.3) is 10.4 Å². The zero-order valence-electron chi connectivity index (χ0n) is 12.2. The Bertz CT molecular complexity index is 669. The Hall–Kier alpha value is -2.25. The number of rotatable bonds is 5. The van der Waals surface area contributed by atoms with Gasteiger partial charge in [0, 0.05) is 0 Å². The lowest BCUT2D eigenvalue weighted by molar-refractivity contribution is -0.143. The van der Waals surface area contributed by atoms with Gasteiger partial charge < -0.3 is 15.2 Å². The van der Waals surface area contributed by atoms with E-state index in [1.165, 1.54) is 18.4 Å². The second-order valence-corrected chi connectivity index (χ2v) is 5.71. The molecule has 0 radical (unpaired) electrons. The first-order chi connectivity index (χ1) is 10.6. The molecule has 6 nitrogen and oxygen atoms in total. The lowest BCUT2D eigenvalue weighted by Gasteiger charge is -2.13. The van der Waals surface area contributed by atoms with Crippen LogP contribution in [0.2, 0.25) is 0 Å². The van der Waals surface area contributed by atoms with Crippen LogP contribution in [0.1, 0.15) is 15.5 Å². The summed E-state index contributed by atoms with van der Waals surface area (Å²) in [5.74, 6) is -1.23. The smallest absolute Gasteiger partial charge is 0.330 e.